The van der Waals surface area contributed by atoms with Gasteiger partial charge in [0.1, 0.15) is 16.8 Å². The highest BCUT2D eigenvalue weighted by Crippen LogP contribution is 2.25. The van der Waals surface area contributed by atoms with Crippen molar-refractivity contribution in [3.8, 4) is 5.82 Å². The molecule has 96 valence electrons. The summed E-state index contributed by atoms with van der Waals surface area (Å²) in [5.41, 5.74) is 1.81. The number of rotatable bonds is 1. The van der Waals surface area contributed by atoms with E-state index in [1.165, 1.54) is 0 Å². The summed E-state index contributed by atoms with van der Waals surface area (Å²) in [6.45, 7) is 1.90. The van der Waals surface area contributed by atoms with Crippen molar-refractivity contribution < 1.29 is 0 Å². The Labute approximate surface area is 127 Å². The van der Waals surface area contributed by atoms with Crippen LogP contribution in [0.2, 0.25) is 10.4 Å². The molecule has 0 saturated carbocycles. The van der Waals surface area contributed by atoms with Crippen LogP contribution in [0.3, 0.4) is 0 Å². The van der Waals surface area contributed by atoms with E-state index < -0.39 is 0 Å². The van der Waals surface area contributed by atoms with Gasteiger partial charge in [-0.1, -0.05) is 27.5 Å². The Morgan fingerprint density at radius 1 is 1.11 bits per heavy atom. The Balaban J connectivity index is 2.35. The van der Waals surface area contributed by atoms with Crippen LogP contribution in [0.5, 0.6) is 0 Å². The number of aryl methyl sites for hydroxylation is 1. The lowest BCUT2D eigenvalue weighted by Crippen LogP contribution is -2.01. The first-order valence-corrected chi connectivity index (χ1v) is 6.94. The molecule has 0 unspecified atom stereocenters. The summed E-state index contributed by atoms with van der Waals surface area (Å²) < 4.78 is 2.85. The third-order valence-electron chi connectivity index (χ3n) is 2.67. The number of halogens is 3. The molecule has 0 saturated heterocycles. The predicted molar refractivity (Wildman–Crippen MR) is 79.1 cm³/mol. The van der Waals surface area contributed by atoms with E-state index in [9.17, 15) is 0 Å². The summed E-state index contributed by atoms with van der Waals surface area (Å²) in [4.78, 5) is 12.5. The molecule has 2 heterocycles. The van der Waals surface area contributed by atoms with Crippen molar-refractivity contribution in [1.29, 1.82) is 0 Å². The van der Waals surface area contributed by atoms with E-state index in [0.717, 1.165) is 21.3 Å². The van der Waals surface area contributed by atoms with E-state index in [2.05, 4.69) is 30.9 Å². The molecule has 0 bridgehead atoms. The van der Waals surface area contributed by atoms with Crippen LogP contribution in [0.25, 0.3) is 16.9 Å². The van der Waals surface area contributed by atoms with Crippen molar-refractivity contribution in [2.45, 2.75) is 6.92 Å². The number of hydrogen-bond acceptors (Lipinski definition) is 3. The van der Waals surface area contributed by atoms with Crippen LogP contribution in [0.1, 0.15) is 5.82 Å². The van der Waals surface area contributed by atoms with Crippen molar-refractivity contribution in [2.75, 3.05) is 0 Å². The van der Waals surface area contributed by atoms with Crippen LogP contribution in [0.15, 0.2) is 28.7 Å². The monoisotopic (exact) mass is 356 g/mol. The minimum Gasteiger partial charge on any atom is -0.280 e. The zero-order valence-electron chi connectivity index (χ0n) is 9.73. The van der Waals surface area contributed by atoms with Crippen molar-refractivity contribution in [2.24, 2.45) is 0 Å². The first-order valence-electron chi connectivity index (χ1n) is 5.39. The van der Waals surface area contributed by atoms with Gasteiger partial charge in [-0.3, -0.25) is 4.57 Å². The molecule has 0 N–H and O–H groups in total. The van der Waals surface area contributed by atoms with Crippen LogP contribution in [-0.2, 0) is 0 Å². The van der Waals surface area contributed by atoms with E-state index in [1.807, 2.05) is 29.7 Å². The second-order valence-corrected chi connectivity index (χ2v) is 5.59. The molecule has 1 aromatic carbocycles. The largest absolute Gasteiger partial charge is 0.280 e. The third-order valence-corrected chi connectivity index (χ3v) is 3.52. The summed E-state index contributed by atoms with van der Waals surface area (Å²) in [7, 11) is 0. The minimum atomic E-state index is 0.110. The average molecular weight is 358 g/mol. The maximum atomic E-state index is 5.92. The van der Waals surface area contributed by atoms with Crippen LogP contribution in [0, 0.1) is 6.92 Å². The zero-order chi connectivity index (χ0) is 13.6. The van der Waals surface area contributed by atoms with E-state index in [1.54, 1.807) is 6.07 Å². The van der Waals surface area contributed by atoms with Crippen molar-refractivity contribution >= 4 is 50.2 Å². The first kappa shape index (κ1) is 12.8. The SMILES string of the molecule is Cc1nc2ccc(Br)cc2n1-c1cc(Cl)nc(Cl)n1. The molecular weight excluding hydrogens is 351 g/mol. The fourth-order valence-electron chi connectivity index (χ4n) is 1.95. The molecule has 4 nitrogen and oxygen atoms in total. The molecule has 3 aromatic rings. The van der Waals surface area contributed by atoms with Crippen molar-refractivity contribution in [3.05, 3.63) is 45.0 Å². The summed E-state index contributed by atoms with van der Waals surface area (Å²) in [5.74, 6) is 1.40. The maximum Gasteiger partial charge on any atom is 0.225 e. The summed E-state index contributed by atoms with van der Waals surface area (Å²) in [5, 5.41) is 0.407. The van der Waals surface area contributed by atoms with Gasteiger partial charge in [0.15, 0.2) is 0 Å². The lowest BCUT2D eigenvalue weighted by Gasteiger charge is -2.06. The van der Waals surface area contributed by atoms with Gasteiger partial charge in [0.2, 0.25) is 5.28 Å². The minimum absolute atomic E-state index is 0.110. The van der Waals surface area contributed by atoms with E-state index in [0.29, 0.717) is 11.0 Å². The highest BCUT2D eigenvalue weighted by Gasteiger charge is 2.12. The average Bonchev–Trinajstić information content (AvgIpc) is 2.63. The molecule has 7 heteroatoms. The Morgan fingerprint density at radius 3 is 2.63 bits per heavy atom. The molecule has 0 spiro atoms. The molecule has 0 aliphatic carbocycles. The second kappa shape index (κ2) is 4.74. The smallest absolute Gasteiger partial charge is 0.225 e. The Bertz CT molecular complexity index is 764. The molecular formula is C12H7BrCl2N4. The lowest BCUT2D eigenvalue weighted by molar-refractivity contribution is 0.942. The van der Waals surface area contributed by atoms with E-state index in [4.69, 9.17) is 23.2 Å². The topological polar surface area (TPSA) is 43.6 Å². The van der Waals surface area contributed by atoms with Crippen LogP contribution in [0.4, 0.5) is 0 Å². The highest BCUT2D eigenvalue weighted by atomic mass is 79.9. The van der Waals surface area contributed by atoms with Gasteiger partial charge in [-0.05, 0) is 36.7 Å². The van der Waals surface area contributed by atoms with Crippen LogP contribution in [-0.4, -0.2) is 19.5 Å². The number of benzene rings is 1. The van der Waals surface area contributed by atoms with Gasteiger partial charge in [0.05, 0.1) is 11.0 Å². The molecule has 0 atom stereocenters. The fourth-order valence-corrected chi connectivity index (χ4v) is 2.70. The Hall–Kier alpha value is -1.17. The number of imidazole rings is 1. The Morgan fingerprint density at radius 2 is 1.89 bits per heavy atom. The van der Waals surface area contributed by atoms with E-state index in [-0.39, 0.29) is 5.28 Å². The number of hydrogen-bond donors (Lipinski definition) is 0. The number of nitrogens with zero attached hydrogens (tertiary/aromatic N) is 4. The van der Waals surface area contributed by atoms with Gasteiger partial charge >= 0.3 is 0 Å². The van der Waals surface area contributed by atoms with Gasteiger partial charge in [0, 0.05) is 10.5 Å². The fraction of sp³-hybridized carbons (Fsp3) is 0.0833. The van der Waals surface area contributed by atoms with Crippen LogP contribution < -0.4 is 0 Å². The number of aromatic nitrogens is 4. The molecule has 0 fully saturated rings. The lowest BCUT2D eigenvalue weighted by atomic mass is 10.3. The van der Waals surface area contributed by atoms with Gasteiger partial charge in [0.25, 0.3) is 0 Å². The van der Waals surface area contributed by atoms with Gasteiger partial charge in [-0.25, -0.2) is 9.97 Å². The third kappa shape index (κ3) is 2.33. The molecule has 0 radical (unpaired) electrons. The molecule has 19 heavy (non-hydrogen) atoms. The van der Waals surface area contributed by atoms with Crippen molar-refractivity contribution in [1.82, 2.24) is 19.5 Å². The molecule has 0 amide bonds. The molecule has 0 aliphatic rings. The quantitative estimate of drug-likeness (QED) is 0.484. The zero-order valence-corrected chi connectivity index (χ0v) is 12.8. The summed E-state index contributed by atoms with van der Waals surface area (Å²) in [6, 6.07) is 7.51. The second-order valence-electron chi connectivity index (χ2n) is 3.95. The molecule has 0 aliphatic heterocycles. The normalized spacial score (nSPS) is 11.2. The maximum absolute atomic E-state index is 5.92. The van der Waals surface area contributed by atoms with Crippen LogP contribution >= 0.6 is 39.1 Å². The molecule has 3 rings (SSSR count). The summed E-state index contributed by atoms with van der Waals surface area (Å²) >= 11 is 15.2. The first-order chi connectivity index (χ1) is 9.04. The predicted octanol–water partition coefficient (Wildman–Crippen LogP) is 4.19. The molecule has 2 aromatic heterocycles. The Kier molecular flexibility index (Phi) is 3.20. The summed E-state index contributed by atoms with van der Waals surface area (Å²) in [6.07, 6.45) is 0. The highest BCUT2D eigenvalue weighted by molar-refractivity contribution is 9.10. The van der Waals surface area contributed by atoms with E-state index >= 15 is 0 Å². The standard InChI is InChI=1S/C12H7BrCl2N4/c1-6-16-8-3-2-7(13)4-9(8)19(6)11-5-10(14)17-12(15)18-11/h2-5H,1H3. The van der Waals surface area contributed by atoms with Crippen molar-refractivity contribution in [3.63, 3.8) is 0 Å². The van der Waals surface area contributed by atoms with Gasteiger partial charge in [-0.2, -0.15) is 4.98 Å². The van der Waals surface area contributed by atoms with Gasteiger partial charge < -0.3 is 0 Å². The van der Waals surface area contributed by atoms with Gasteiger partial charge in [-0.15, -0.1) is 0 Å². The number of fused-ring (bicyclic) bond motifs is 1.